The number of benzene rings is 1. The van der Waals surface area contributed by atoms with Crippen LogP contribution in [0.4, 0.5) is 4.79 Å². The molecule has 23 heavy (non-hydrogen) atoms. The minimum Gasteiger partial charge on any atom is -0.450 e. The van der Waals surface area contributed by atoms with Crippen LogP contribution in [-0.4, -0.2) is 39.0 Å². The molecule has 1 unspecified atom stereocenters. The van der Waals surface area contributed by atoms with Gasteiger partial charge in [0.05, 0.1) is 19.8 Å². The first kappa shape index (κ1) is 19.9. The molecule has 1 rings (SSSR count). The Morgan fingerprint density at radius 3 is 2.61 bits per heavy atom. The van der Waals surface area contributed by atoms with E-state index in [-0.39, 0.29) is 0 Å². The molecule has 0 aliphatic carbocycles. The molecule has 1 aromatic rings. The number of carbonyl (C=O) groups excluding carboxylic acids is 1. The van der Waals surface area contributed by atoms with Crippen LogP contribution in [-0.2, 0) is 14.2 Å². The number of amides is 1. The Labute approximate surface area is 145 Å². The molecule has 0 aliphatic heterocycles. The topological polar surface area (TPSA) is 82.8 Å². The van der Waals surface area contributed by atoms with Gasteiger partial charge in [-0.15, -0.1) is 0 Å². The van der Waals surface area contributed by atoms with Gasteiger partial charge < -0.3 is 25.3 Å². The Morgan fingerprint density at radius 1 is 1.26 bits per heavy atom. The Morgan fingerprint density at radius 2 is 1.96 bits per heavy atom. The highest BCUT2D eigenvalue weighted by molar-refractivity contribution is 9.10. The lowest BCUT2D eigenvalue weighted by molar-refractivity contribution is -0.147. The number of halogens is 1. The molecule has 0 radical (unpaired) electrons. The van der Waals surface area contributed by atoms with E-state index in [9.17, 15) is 4.79 Å². The Hall–Kier alpha value is -1.15. The zero-order valence-electron chi connectivity index (χ0n) is 13.4. The molecule has 0 aromatic heterocycles. The van der Waals surface area contributed by atoms with E-state index < -0.39 is 12.4 Å². The molecule has 0 saturated heterocycles. The summed E-state index contributed by atoms with van der Waals surface area (Å²) in [7, 11) is 0. The van der Waals surface area contributed by atoms with Crippen LogP contribution in [0.3, 0.4) is 0 Å². The lowest BCUT2D eigenvalue weighted by Gasteiger charge is -2.20. The predicted molar refractivity (Wildman–Crippen MR) is 92.1 cm³/mol. The van der Waals surface area contributed by atoms with Crippen molar-refractivity contribution in [1.82, 2.24) is 5.32 Å². The lowest BCUT2D eigenvalue weighted by Crippen LogP contribution is -2.26. The molecule has 1 amide bonds. The van der Waals surface area contributed by atoms with Crippen LogP contribution in [0.15, 0.2) is 28.7 Å². The highest BCUT2D eigenvalue weighted by atomic mass is 79.9. The zero-order valence-corrected chi connectivity index (χ0v) is 15.0. The summed E-state index contributed by atoms with van der Waals surface area (Å²) in [5, 5.41) is 2.65. The summed E-state index contributed by atoms with van der Waals surface area (Å²) in [6.07, 6.45) is 0.572. The van der Waals surface area contributed by atoms with Gasteiger partial charge in [0.15, 0.2) is 6.29 Å². The van der Waals surface area contributed by atoms with Gasteiger partial charge in [-0.1, -0.05) is 34.1 Å². The minimum atomic E-state index is -0.459. The molecule has 0 aliphatic rings. The van der Waals surface area contributed by atoms with Crippen molar-refractivity contribution >= 4 is 22.0 Å². The number of carbonyl (C=O) groups is 1. The number of alkyl carbamates (subject to hydrolysis) is 1. The van der Waals surface area contributed by atoms with Crippen molar-refractivity contribution in [1.29, 1.82) is 0 Å². The van der Waals surface area contributed by atoms with Crippen LogP contribution in [0, 0.1) is 0 Å². The minimum absolute atomic E-state index is 0.363. The van der Waals surface area contributed by atoms with E-state index in [2.05, 4.69) is 21.2 Å². The van der Waals surface area contributed by atoms with E-state index in [0.29, 0.717) is 39.3 Å². The van der Waals surface area contributed by atoms with Crippen LogP contribution < -0.4 is 11.1 Å². The third kappa shape index (κ3) is 8.31. The second-order valence-electron chi connectivity index (χ2n) is 4.74. The normalized spacial score (nSPS) is 12.0. The van der Waals surface area contributed by atoms with E-state index in [1.165, 1.54) is 0 Å². The van der Waals surface area contributed by atoms with Crippen molar-refractivity contribution in [2.75, 3.05) is 32.9 Å². The first-order valence-corrected chi connectivity index (χ1v) is 8.56. The van der Waals surface area contributed by atoms with Gasteiger partial charge in [0, 0.05) is 16.6 Å². The van der Waals surface area contributed by atoms with Crippen molar-refractivity contribution in [2.45, 2.75) is 26.1 Å². The maximum absolute atomic E-state index is 11.2. The number of nitrogens with one attached hydrogen (secondary N) is 1. The highest BCUT2D eigenvalue weighted by Crippen LogP contribution is 2.27. The zero-order chi connectivity index (χ0) is 16.9. The highest BCUT2D eigenvalue weighted by Gasteiger charge is 2.15. The monoisotopic (exact) mass is 388 g/mol. The fourth-order valence-corrected chi connectivity index (χ4v) is 2.27. The molecule has 0 fully saturated rings. The summed E-state index contributed by atoms with van der Waals surface area (Å²) in [5.74, 6) is 0. The third-order valence-electron chi connectivity index (χ3n) is 2.91. The second-order valence-corrected chi connectivity index (χ2v) is 5.59. The molecule has 0 saturated carbocycles. The van der Waals surface area contributed by atoms with Crippen LogP contribution in [0.2, 0.25) is 0 Å². The first-order valence-electron chi connectivity index (χ1n) is 7.77. The summed E-state index contributed by atoms with van der Waals surface area (Å²) in [5.41, 5.74) is 6.43. The molecule has 0 heterocycles. The Bertz CT molecular complexity index is 459. The molecule has 7 heteroatoms. The predicted octanol–water partition coefficient (Wildman–Crippen LogP) is 2.97. The Kier molecular flexibility index (Phi) is 10.6. The van der Waals surface area contributed by atoms with Crippen molar-refractivity contribution < 1.29 is 19.0 Å². The largest absolute Gasteiger partial charge is 0.450 e. The van der Waals surface area contributed by atoms with Crippen LogP contribution in [0.5, 0.6) is 0 Å². The van der Waals surface area contributed by atoms with Crippen LogP contribution >= 0.6 is 15.9 Å². The van der Waals surface area contributed by atoms with Gasteiger partial charge in [-0.3, -0.25) is 0 Å². The van der Waals surface area contributed by atoms with Crippen molar-refractivity contribution in [3.63, 3.8) is 0 Å². The average molecular weight is 389 g/mol. The number of hydrogen-bond acceptors (Lipinski definition) is 5. The first-order chi connectivity index (χ1) is 11.2. The maximum atomic E-state index is 11.2. The van der Waals surface area contributed by atoms with E-state index in [0.717, 1.165) is 16.5 Å². The molecular formula is C16H25BrN2O4. The molecular weight excluding hydrogens is 364 g/mol. The number of ether oxygens (including phenoxy) is 3. The summed E-state index contributed by atoms with van der Waals surface area (Å²) in [4.78, 5) is 11.2. The summed E-state index contributed by atoms with van der Waals surface area (Å²) in [6.45, 7) is 4.19. The molecule has 6 nitrogen and oxygen atoms in total. The van der Waals surface area contributed by atoms with Gasteiger partial charge >= 0.3 is 6.09 Å². The van der Waals surface area contributed by atoms with Crippen molar-refractivity contribution in [3.05, 3.63) is 34.3 Å². The smallest absolute Gasteiger partial charge is 0.407 e. The molecule has 3 N–H and O–H groups in total. The number of rotatable bonds is 11. The molecule has 1 atom stereocenters. The standard InChI is InChI=1S/C16H25BrN2O4/c1-2-21-16(20)19-10-6-12-23-15(22-11-5-9-18)13-7-3-4-8-14(13)17/h3-4,7-8,15H,2,5-6,9-12,18H2,1H3,(H,19,20). The number of nitrogens with two attached hydrogens (primary N) is 1. The fraction of sp³-hybridized carbons (Fsp3) is 0.562. The van der Waals surface area contributed by atoms with Gasteiger partial charge in [-0.05, 0) is 32.4 Å². The van der Waals surface area contributed by atoms with Crippen molar-refractivity contribution in [3.8, 4) is 0 Å². The molecule has 1 aromatic carbocycles. The van der Waals surface area contributed by atoms with Gasteiger partial charge in [0.2, 0.25) is 0 Å². The molecule has 0 bridgehead atoms. The van der Waals surface area contributed by atoms with E-state index in [1.807, 2.05) is 24.3 Å². The van der Waals surface area contributed by atoms with Crippen LogP contribution in [0.25, 0.3) is 0 Å². The van der Waals surface area contributed by atoms with E-state index in [4.69, 9.17) is 19.9 Å². The Balaban J connectivity index is 2.41. The van der Waals surface area contributed by atoms with Crippen molar-refractivity contribution in [2.24, 2.45) is 5.73 Å². The second kappa shape index (κ2) is 12.3. The lowest BCUT2D eigenvalue weighted by atomic mass is 10.2. The van der Waals surface area contributed by atoms with Gasteiger partial charge in [0.25, 0.3) is 0 Å². The number of hydrogen-bond donors (Lipinski definition) is 2. The van der Waals surface area contributed by atoms with E-state index in [1.54, 1.807) is 6.92 Å². The van der Waals surface area contributed by atoms with Crippen LogP contribution in [0.1, 0.15) is 31.6 Å². The molecule has 0 spiro atoms. The molecule has 130 valence electrons. The summed E-state index contributed by atoms with van der Waals surface area (Å²) < 4.78 is 17.3. The quantitative estimate of drug-likeness (QED) is 0.449. The third-order valence-corrected chi connectivity index (χ3v) is 3.63. The van der Waals surface area contributed by atoms with Gasteiger partial charge in [-0.25, -0.2) is 4.79 Å². The van der Waals surface area contributed by atoms with E-state index >= 15 is 0 Å². The van der Waals surface area contributed by atoms with Gasteiger partial charge in [-0.2, -0.15) is 0 Å². The maximum Gasteiger partial charge on any atom is 0.407 e. The summed E-state index contributed by atoms with van der Waals surface area (Å²) in [6, 6.07) is 7.77. The van der Waals surface area contributed by atoms with Gasteiger partial charge in [0.1, 0.15) is 0 Å². The summed E-state index contributed by atoms with van der Waals surface area (Å²) >= 11 is 3.51. The fourth-order valence-electron chi connectivity index (χ4n) is 1.80. The average Bonchev–Trinajstić information content (AvgIpc) is 2.54. The SMILES string of the molecule is CCOC(=O)NCCCOC(OCCCN)c1ccccc1Br.